The Morgan fingerprint density at radius 3 is 2.05 bits per heavy atom. The molecule has 0 aliphatic carbocycles. The van der Waals surface area contributed by atoms with Crippen LogP contribution in [0.2, 0.25) is 32.2 Å². The molecule has 5 nitrogen and oxygen atoms in total. The summed E-state index contributed by atoms with van der Waals surface area (Å²) in [7, 11) is -1.98. The lowest BCUT2D eigenvalue weighted by molar-refractivity contribution is -0.0297. The van der Waals surface area contributed by atoms with Crippen molar-refractivity contribution >= 4 is 16.9 Å². The smallest absolute Gasteiger partial charge is 0.321 e. The summed E-state index contributed by atoms with van der Waals surface area (Å²) in [5.74, 6) is 0. The number of ether oxygens (including phenoxy) is 1. The van der Waals surface area contributed by atoms with Gasteiger partial charge in [-0.05, 0) is 45.1 Å². The van der Waals surface area contributed by atoms with Crippen LogP contribution in [-0.2, 0) is 13.3 Å². The molecule has 0 aliphatic rings. The Morgan fingerprint density at radius 2 is 1.62 bits per heavy atom. The molecule has 0 atom stereocenters. The quantitative estimate of drug-likeness (QED) is 0.422. The minimum Gasteiger partial charge on any atom is -0.436 e. The van der Waals surface area contributed by atoms with Crippen molar-refractivity contribution in [3.63, 3.8) is 0 Å². The van der Waals surface area contributed by atoms with Gasteiger partial charge in [-0.2, -0.15) is 0 Å². The van der Waals surface area contributed by atoms with Gasteiger partial charge in [0.05, 0.1) is 19.8 Å². The third kappa shape index (κ3) is 8.44. The minimum absolute atomic E-state index is 0.0447. The molecule has 0 saturated heterocycles. The highest BCUT2D eigenvalue weighted by Crippen LogP contribution is 2.22. The van der Waals surface area contributed by atoms with E-state index in [0.29, 0.717) is 19.6 Å². The highest BCUT2D eigenvalue weighted by molar-refractivity contribution is 6.82. The van der Waals surface area contributed by atoms with Crippen molar-refractivity contribution in [2.75, 3.05) is 33.5 Å². The molecule has 0 aliphatic heterocycles. The summed E-state index contributed by atoms with van der Waals surface area (Å²) >= 11 is 0. The monoisotopic (exact) mass is 338 g/mol. The summed E-state index contributed by atoms with van der Waals surface area (Å²) in [6, 6.07) is 1.02. The fourth-order valence-electron chi connectivity index (χ4n) is 2.11. The fraction of sp³-hybridized carbons (Fsp3) is 1.00. The summed E-state index contributed by atoms with van der Waals surface area (Å²) in [5, 5.41) is 18.7. The number of rotatable bonds is 12. The van der Waals surface area contributed by atoms with Gasteiger partial charge in [0.15, 0.2) is 8.32 Å². The molecule has 7 heteroatoms. The Bertz CT molecular complexity index is 272. The predicted molar refractivity (Wildman–Crippen MR) is 90.2 cm³/mol. The van der Waals surface area contributed by atoms with Gasteiger partial charge >= 0.3 is 8.56 Å². The Kier molecular flexibility index (Phi) is 9.49. The Balaban J connectivity index is 4.04. The molecular formula is C14H34O5Si2. The standard InChI is InChI=1S/C14H34O5Si2/c1-7-14(11-15,12-16)13-18-9-8-10-20(3,4)19-21(5,6)17-2/h15-16H,7-13H2,1-6H3. The zero-order valence-electron chi connectivity index (χ0n) is 14.6. The summed E-state index contributed by atoms with van der Waals surface area (Å²) in [5.41, 5.74) is -0.506. The summed E-state index contributed by atoms with van der Waals surface area (Å²) in [4.78, 5) is 0. The third-order valence-electron chi connectivity index (χ3n) is 3.91. The number of aliphatic hydroxyl groups excluding tert-OH is 2. The molecular weight excluding hydrogens is 304 g/mol. The molecule has 21 heavy (non-hydrogen) atoms. The van der Waals surface area contributed by atoms with Gasteiger partial charge in [-0.1, -0.05) is 6.92 Å². The van der Waals surface area contributed by atoms with Crippen molar-refractivity contribution in [2.45, 2.75) is 52.0 Å². The van der Waals surface area contributed by atoms with Crippen LogP contribution in [0.15, 0.2) is 0 Å². The van der Waals surface area contributed by atoms with E-state index in [1.807, 2.05) is 6.92 Å². The second-order valence-corrected chi connectivity index (χ2v) is 14.8. The van der Waals surface area contributed by atoms with Crippen LogP contribution in [0.4, 0.5) is 0 Å². The first-order valence-electron chi connectivity index (χ1n) is 7.71. The van der Waals surface area contributed by atoms with Gasteiger partial charge in [-0.15, -0.1) is 0 Å². The lowest BCUT2D eigenvalue weighted by Crippen LogP contribution is -2.45. The largest absolute Gasteiger partial charge is 0.436 e. The maximum absolute atomic E-state index is 9.35. The van der Waals surface area contributed by atoms with Gasteiger partial charge in [0, 0.05) is 19.1 Å². The van der Waals surface area contributed by atoms with E-state index in [1.165, 1.54) is 0 Å². The van der Waals surface area contributed by atoms with Crippen LogP contribution < -0.4 is 0 Å². The molecule has 0 aromatic rings. The van der Waals surface area contributed by atoms with E-state index in [4.69, 9.17) is 13.3 Å². The second kappa shape index (κ2) is 9.39. The molecule has 0 heterocycles. The first-order chi connectivity index (χ1) is 9.66. The molecule has 0 aromatic carbocycles. The van der Waals surface area contributed by atoms with Crippen LogP contribution in [-0.4, -0.2) is 60.6 Å². The van der Waals surface area contributed by atoms with E-state index in [2.05, 4.69) is 26.2 Å². The summed E-state index contributed by atoms with van der Waals surface area (Å²) in [6.07, 6.45) is 1.64. The fourth-order valence-corrected chi connectivity index (χ4v) is 9.17. The highest BCUT2D eigenvalue weighted by atomic mass is 28.4. The Hall–Kier alpha value is 0.234. The summed E-state index contributed by atoms with van der Waals surface area (Å²) in [6.45, 7) is 11.4. The van der Waals surface area contributed by atoms with Crippen LogP contribution >= 0.6 is 0 Å². The zero-order chi connectivity index (χ0) is 16.6. The van der Waals surface area contributed by atoms with Gasteiger partial charge in [0.1, 0.15) is 0 Å². The first kappa shape index (κ1) is 21.2. The van der Waals surface area contributed by atoms with E-state index in [-0.39, 0.29) is 13.2 Å². The van der Waals surface area contributed by atoms with Crippen molar-refractivity contribution in [3.05, 3.63) is 0 Å². The molecule has 0 aromatic heterocycles. The SMILES string of the molecule is CCC(CO)(CO)COCCC[Si](C)(C)O[Si](C)(C)OC. The van der Waals surface area contributed by atoms with Gasteiger partial charge in [0.25, 0.3) is 0 Å². The van der Waals surface area contributed by atoms with Gasteiger partial charge < -0.3 is 23.5 Å². The maximum atomic E-state index is 9.35. The van der Waals surface area contributed by atoms with Crippen molar-refractivity contribution < 1.29 is 23.5 Å². The lowest BCUT2D eigenvalue weighted by Gasteiger charge is -2.32. The van der Waals surface area contributed by atoms with E-state index < -0.39 is 22.3 Å². The van der Waals surface area contributed by atoms with E-state index in [9.17, 15) is 10.2 Å². The first-order valence-corrected chi connectivity index (χ1v) is 13.6. The van der Waals surface area contributed by atoms with Gasteiger partial charge in [-0.3, -0.25) is 0 Å². The van der Waals surface area contributed by atoms with Crippen molar-refractivity contribution in [3.8, 4) is 0 Å². The summed E-state index contributed by atoms with van der Waals surface area (Å²) < 4.78 is 17.3. The van der Waals surface area contributed by atoms with Crippen LogP contribution in [0.1, 0.15) is 19.8 Å². The van der Waals surface area contributed by atoms with Crippen molar-refractivity contribution in [1.29, 1.82) is 0 Å². The molecule has 0 unspecified atom stereocenters. The normalized spacial score (nSPS) is 13.7. The molecule has 0 rings (SSSR count). The second-order valence-electron chi connectivity index (χ2n) is 6.79. The van der Waals surface area contributed by atoms with Crippen LogP contribution in [0.3, 0.4) is 0 Å². The lowest BCUT2D eigenvalue weighted by atomic mass is 9.88. The molecule has 0 bridgehead atoms. The Morgan fingerprint density at radius 1 is 1.05 bits per heavy atom. The molecule has 0 amide bonds. The molecule has 0 fully saturated rings. The third-order valence-corrected chi connectivity index (χ3v) is 10.6. The van der Waals surface area contributed by atoms with E-state index >= 15 is 0 Å². The number of aliphatic hydroxyl groups is 2. The topological polar surface area (TPSA) is 68.2 Å². The van der Waals surface area contributed by atoms with E-state index in [0.717, 1.165) is 12.5 Å². The highest BCUT2D eigenvalue weighted by Gasteiger charge is 2.33. The van der Waals surface area contributed by atoms with Gasteiger partial charge in [-0.25, -0.2) is 0 Å². The molecule has 0 saturated carbocycles. The Labute approximate surface area is 132 Å². The van der Waals surface area contributed by atoms with Crippen molar-refractivity contribution in [2.24, 2.45) is 5.41 Å². The number of hydrogen-bond acceptors (Lipinski definition) is 5. The molecule has 0 spiro atoms. The van der Waals surface area contributed by atoms with Gasteiger partial charge in [0.2, 0.25) is 0 Å². The average molecular weight is 339 g/mol. The number of hydrogen-bond donors (Lipinski definition) is 2. The predicted octanol–water partition coefficient (Wildman–Crippen LogP) is 2.34. The zero-order valence-corrected chi connectivity index (χ0v) is 16.6. The van der Waals surface area contributed by atoms with Crippen molar-refractivity contribution in [1.82, 2.24) is 0 Å². The maximum Gasteiger partial charge on any atom is 0.321 e. The van der Waals surface area contributed by atoms with Crippen LogP contribution in [0, 0.1) is 5.41 Å². The van der Waals surface area contributed by atoms with Crippen LogP contribution in [0.5, 0.6) is 0 Å². The molecule has 2 N–H and O–H groups in total. The van der Waals surface area contributed by atoms with Crippen LogP contribution in [0.25, 0.3) is 0 Å². The van der Waals surface area contributed by atoms with E-state index in [1.54, 1.807) is 7.11 Å². The average Bonchev–Trinajstić information content (AvgIpc) is 2.42. The molecule has 128 valence electrons. The molecule has 0 radical (unpaired) electrons. The minimum atomic E-state index is -1.97.